The summed E-state index contributed by atoms with van der Waals surface area (Å²) in [5.74, 6) is -0.509. The lowest BCUT2D eigenvalue weighted by Gasteiger charge is -2.36. The zero-order valence-corrected chi connectivity index (χ0v) is 16.1. The summed E-state index contributed by atoms with van der Waals surface area (Å²) in [7, 11) is 0. The molecule has 1 unspecified atom stereocenters. The molecule has 3 heterocycles. The number of hydrogen-bond donors (Lipinski definition) is 1. The summed E-state index contributed by atoms with van der Waals surface area (Å²) in [6.07, 6.45) is 0.276. The number of aliphatic hydroxyl groups is 1. The predicted molar refractivity (Wildman–Crippen MR) is 102 cm³/mol. The Morgan fingerprint density at radius 3 is 2.73 bits per heavy atom. The van der Waals surface area contributed by atoms with Crippen molar-refractivity contribution in [2.75, 3.05) is 55.7 Å². The monoisotopic (exact) mass is 420 g/mol. The standard InChI is InChI=1S/C19H21FN4O6/c20-15-9-13(1-2-16(15)22-4-6-23(7-5-22)18(26)11-25)24-10-14(30-19(24)27)12-28-17-3-8-29-21-17/h1-3,8-9,14,25H,4-7,10-12H2. The van der Waals surface area contributed by atoms with Crippen LogP contribution in [-0.4, -0.2) is 79.2 Å². The molecule has 0 bridgehead atoms. The first kappa shape index (κ1) is 20.0. The van der Waals surface area contributed by atoms with Gasteiger partial charge in [0, 0.05) is 32.2 Å². The van der Waals surface area contributed by atoms with E-state index >= 15 is 0 Å². The van der Waals surface area contributed by atoms with Crippen molar-refractivity contribution in [3.8, 4) is 5.88 Å². The number of aliphatic hydroxyl groups excluding tert-OH is 1. The van der Waals surface area contributed by atoms with E-state index in [-0.39, 0.29) is 19.1 Å². The van der Waals surface area contributed by atoms with Crippen LogP contribution in [0.15, 0.2) is 35.1 Å². The summed E-state index contributed by atoms with van der Waals surface area (Å²) in [5, 5.41) is 12.6. The maximum atomic E-state index is 14.8. The molecule has 11 heteroatoms. The van der Waals surface area contributed by atoms with Crippen LogP contribution in [0, 0.1) is 5.82 Å². The van der Waals surface area contributed by atoms with Gasteiger partial charge in [-0.15, -0.1) is 0 Å². The van der Waals surface area contributed by atoms with Crippen molar-refractivity contribution >= 4 is 23.4 Å². The third-order valence-electron chi connectivity index (χ3n) is 5.06. The number of halogens is 1. The Morgan fingerprint density at radius 2 is 2.07 bits per heavy atom. The van der Waals surface area contributed by atoms with Gasteiger partial charge in [-0.1, -0.05) is 0 Å². The van der Waals surface area contributed by atoms with Gasteiger partial charge in [-0.25, -0.2) is 9.18 Å². The SMILES string of the molecule is O=C(CO)N1CCN(c2ccc(N3CC(COc4ccon4)OC3=O)cc2F)CC1. The molecule has 0 aliphatic carbocycles. The highest BCUT2D eigenvalue weighted by Crippen LogP contribution is 2.28. The number of rotatable bonds is 6. The van der Waals surface area contributed by atoms with E-state index < -0.39 is 24.6 Å². The van der Waals surface area contributed by atoms with Crippen molar-refractivity contribution in [1.29, 1.82) is 0 Å². The second-order valence-electron chi connectivity index (χ2n) is 6.93. The van der Waals surface area contributed by atoms with Crippen LogP contribution in [0.1, 0.15) is 0 Å². The Labute approximate surface area is 171 Å². The topological polar surface area (TPSA) is 109 Å². The highest BCUT2D eigenvalue weighted by atomic mass is 19.1. The molecule has 0 saturated carbocycles. The van der Waals surface area contributed by atoms with E-state index in [1.54, 1.807) is 23.1 Å². The Morgan fingerprint density at radius 1 is 1.27 bits per heavy atom. The highest BCUT2D eigenvalue weighted by molar-refractivity contribution is 5.90. The minimum absolute atomic E-state index is 0.103. The molecule has 30 heavy (non-hydrogen) atoms. The number of piperazine rings is 1. The molecular formula is C19H21FN4O6. The molecule has 2 aromatic rings. The average Bonchev–Trinajstić information content (AvgIpc) is 3.41. The van der Waals surface area contributed by atoms with E-state index in [0.717, 1.165) is 0 Å². The first-order valence-electron chi connectivity index (χ1n) is 9.49. The fraction of sp³-hybridized carbons (Fsp3) is 0.421. The second kappa shape index (κ2) is 8.57. The molecule has 2 amide bonds. The van der Waals surface area contributed by atoms with E-state index in [1.165, 1.54) is 17.2 Å². The fourth-order valence-electron chi connectivity index (χ4n) is 3.49. The molecule has 160 valence electrons. The van der Waals surface area contributed by atoms with Gasteiger partial charge < -0.3 is 28.9 Å². The van der Waals surface area contributed by atoms with Gasteiger partial charge >= 0.3 is 6.09 Å². The van der Waals surface area contributed by atoms with Gasteiger partial charge in [0.15, 0.2) is 6.10 Å². The number of benzene rings is 1. The van der Waals surface area contributed by atoms with Gasteiger partial charge in [-0.3, -0.25) is 9.69 Å². The lowest BCUT2D eigenvalue weighted by atomic mass is 10.2. The minimum atomic E-state index is -0.577. The number of hydrogen-bond acceptors (Lipinski definition) is 8. The van der Waals surface area contributed by atoms with Crippen molar-refractivity contribution in [2.24, 2.45) is 0 Å². The second-order valence-corrected chi connectivity index (χ2v) is 6.93. The first-order valence-corrected chi connectivity index (χ1v) is 9.49. The van der Waals surface area contributed by atoms with Crippen LogP contribution < -0.4 is 14.5 Å². The molecule has 2 aliphatic rings. The van der Waals surface area contributed by atoms with Crippen LogP contribution >= 0.6 is 0 Å². The average molecular weight is 420 g/mol. The van der Waals surface area contributed by atoms with Crippen LogP contribution in [0.4, 0.5) is 20.6 Å². The quantitative estimate of drug-likeness (QED) is 0.733. The number of nitrogens with zero attached hydrogens (tertiary/aromatic N) is 4. The molecule has 1 aromatic heterocycles. The fourth-order valence-corrected chi connectivity index (χ4v) is 3.49. The minimum Gasteiger partial charge on any atom is -0.471 e. The molecule has 10 nitrogen and oxygen atoms in total. The van der Waals surface area contributed by atoms with Gasteiger partial charge in [0.2, 0.25) is 5.91 Å². The normalized spacial score (nSPS) is 19.2. The Bertz CT molecular complexity index is 900. The molecule has 1 N–H and O–H groups in total. The molecule has 1 aromatic carbocycles. The van der Waals surface area contributed by atoms with Gasteiger partial charge in [-0.2, -0.15) is 0 Å². The smallest absolute Gasteiger partial charge is 0.414 e. The van der Waals surface area contributed by atoms with Crippen molar-refractivity contribution in [3.63, 3.8) is 0 Å². The summed E-state index contributed by atoms with van der Waals surface area (Å²) in [6, 6.07) is 6.11. The van der Waals surface area contributed by atoms with Crippen LogP contribution in [0.3, 0.4) is 0 Å². The predicted octanol–water partition coefficient (Wildman–Crippen LogP) is 0.859. The molecular weight excluding hydrogens is 399 g/mol. The van der Waals surface area contributed by atoms with Crippen LogP contribution in [-0.2, 0) is 9.53 Å². The molecule has 2 aliphatic heterocycles. The summed E-state index contributed by atoms with van der Waals surface area (Å²) >= 11 is 0. The molecule has 1 atom stereocenters. The van der Waals surface area contributed by atoms with Gasteiger partial charge in [-0.05, 0) is 23.4 Å². The maximum absolute atomic E-state index is 14.8. The van der Waals surface area contributed by atoms with E-state index in [9.17, 15) is 14.0 Å². The van der Waals surface area contributed by atoms with E-state index in [2.05, 4.69) is 9.68 Å². The Balaban J connectivity index is 1.37. The molecule has 0 radical (unpaired) electrons. The Kier molecular flexibility index (Phi) is 5.70. The number of carbonyl (C=O) groups is 2. The van der Waals surface area contributed by atoms with Crippen molar-refractivity contribution in [1.82, 2.24) is 10.1 Å². The largest absolute Gasteiger partial charge is 0.471 e. The number of ether oxygens (including phenoxy) is 2. The third kappa shape index (κ3) is 4.15. The van der Waals surface area contributed by atoms with Crippen molar-refractivity contribution in [3.05, 3.63) is 36.3 Å². The third-order valence-corrected chi connectivity index (χ3v) is 5.06. The summed E-state index contributed by atoms with van der Waals surface area (Å²) in [5.41, 5.74) is 0.785. The Hall–Kier alpha value is -3.34. The summed E-state index contributed by atoms with van der Waals surface area (Å²) in [4.78, 5) is 28.5. The molecule has 4 rings (SSSR count). The summed E-state index contributed by atoms with van der Waals surface area (Å²) in [6.45, 7) is 1.52. The van der Waals surface area contributed by atoms with E-state index in [4.69, 9.17) is 14.6 Å². The first-order chi connectivity index (χ1) is 14.5. The molecule has 2 saturated heterocycles. The maximum Gasteiger partial charge on any atom is 0.414 e. The van der Waals surface area contributed by atoms with E-state index in [1.807, 2.05) is 4.90 Å². The molecule has 2 fully saturated rings. The van der Waals surface area contributed by atoms with Gasteiger partial charge in [0.25, 0.3) is 5.88 Å². The number of carbonyl (C=O) groups excluding carboxylic acids is 2. The van der Waals surface area contributed by atoms with Gasteiger partial charge in [0.1, 0.15) is 25.3 Å². The number of aromatic nitrogens is 1. The number of anilines is 2. The van der Waals surface area contributed by atoms with Gasteiger partial charge in [0.05, 0.1) is 17.9 Å². The zero-order chi connectivity index (χ0) is 21.1. The zero-order valence-electron chi connectivity index (χ0n) is 16.1. The van der Waals surface area contributed by atoms with E-state index in [0.29, 0.717) is 43.4 Å². The number of amides is 2. The summed E-state index contributed by atoms with van der Waals surface area (Å²) < 4.78 is 30.1. The van der Waals surface area contributed by atoms with Crippen molar-refractivity contribution in [2.45, 2.75) is 6.10 Å². The van der Waals surface area contributed by atoms with Crippen LogP contribution in [0.2, 0.25) is 0 Å². The molecule has 0 spiro atoms. The number of cyclic esters (lactones) is 1. The van der Waals surface area contributed by atoms with Crippen molar-refractivity contribution < 1.29 is 33.1 Å². The lowest BCUT2D eigenvalue weighted by Crippen LogP contribution is -2.49. The highest BCUT2D eigenvalue weighted by Gasteiger charge is 2.33. The van der Waals surface area contributed by atoms with Crippen LogP contribution in [0.25, 0.3) is 0 Å². The lowest BCUT2D eigenvalue weighted by molar-refractivity contribution is -0.134. The van der Waals surface area contributed by atoms with Crippen LogP contribution in [0.5, 0.6) is 5.88 Å².